The van der Waals surface area contributed by atoms with Crippen molar-refractivity contribution in [2.45, 2.75) is 19.8 Å². The summed E-state index contributed by atoms with van der Waals surface area (Å²) in [4.78, 5) is 39.2. The van der Waals surface area contributed by atoms with Crippen LogP contribution in [0.25, 0.3) is 0 Å². The highest BCUT2D eigenvalue weighted by atomic mass is 16.2. The molecular weight excluding hydrogens is 320 g/mol. The Bertz CT molecular complexity index is 652. The number of amides is 3. The molecule has 0 saturated carbocycles. The first-order valence-electron chi connectivity index (χ1n) is 8.49. The van der Waals surface area contributed by atoms with Gasteiger partial charge < -0.3 is 20.4 Å². The van der Waals surface area contributed by atoms with E-state index in [9.17, 15) is 14.4 Å². The largest absolute Gasteiger partial charge is 0.376 e. The molecule has 0 bridgehead atoms. The van der Waals surface area contributed by atoms with Gasteiger partial charge in [0.2, 0.25) is 11.8 Å². The summed E-state index contributed by atoms with van der Waals surface area (Å²) >= 11 is 0. The number of carbonyl (C=O) groups is 3. The number of carbonyl (C=O) groups excluding carboxylic acids is 3. The fourth-order valence-corrected chi connectivity index (χ4v) is 2.69. The van der Waals surface area contributed by atoms with Gasteiger partial charge in [0.15, 0.2) is 0 Å². The zero-order chi connectivity index (χ0) is 18.4. The lowest BCUT2D eigenvalue weighted by Gasteiger charge is -2.16. The summed E-state index contributed by atoms with van der Waals surface area (Å²) in [7, 11) is 3.39. The molecule has 2 rings (SSSR count). The molecule has 7 nitrogen and oxygen atoms in total. The molecule has 1 fully saturated rings. The zero-order valence-corrected chi connectivity index (χ0v) is 15.1. The highest BCUT2D eigenvalue weighted by Crippen LogP contribution is 2.17. The van der Waals surface area contributed by atoms with Crippen molar-refractivity contribution in [3.05, 3.63) is 29.3 Å². The number of aryl methyl sites for hydroxylation is 1. The molecule has 1 aliphatic rings. The summed E-state index contributed by atoms with van der Waals surface area (Å²) in [6.07, 6.45) is 2.06. The molecule has 1 saturated heterocycles. The van der Waals surface area contributed by atoms with Crippen LogP contribution in [-0.4, -0.2) is 67.8 Å². The number of benzene rings is 1. The molecule has 1 heterocycles. The standard InChI is InChI=1S/C18H26N4O3/c1-13-6-7-14(18(25)21(2)3)10-15(13)19-11-16(23)20-12-17(24)22-8-4-5-9-22/h6-7,10,19H,4-5,8-9,11-12H2,1-3H3,(H,20,23). The van der Waals surface area contributed by atoms with Crippen molar-refractivity contribution in [3.63, 3.8) is 0 Å². The molecule has 0 aromatic heterocycles. The first-order valence-corrected chi connectivity index (χ1v) is 8.49. The van der Waals surface area contributed by atoms with Gasteiger partial charge in [0.05, 0.1) is 13.1 Å². The summed E-state index contributed by atoms with van der Waals surface area (Å²) in [6.45, 7) is 3.53. The number of anilines is 1. The van der Waals surface area contributed by atoms with Crippen molar-refractivity contribution >= 4 is 23.4 Å². The van der Waals surface area contributed by atoms with E-state index in [0.717, 1.165) is 37.2 Å². The molecule has 0 radical (unpaired) electrons. The van der Waals surface area contributed by atoms with Gasteiger partial charge >= 0.3 is 0 Å². The zero-order valence-electron chi connectivity index (χ0n) is 15.1. The monoisotopic (exact) mass is 346 g/mol. The Morgan fingerprint density at radius 1 is 1.12 bits per heavy atom. The number of rotatable bonds is 6. The predicted octanol–water partition coefficient (Wildman–Crippen LogP) is 0.847. The van der Waals surface area contributed by atoms with Gasteiger partial charge in [0, 0.05) is 38.4 Å². The fraction of sp³-hybridized carbons (Fsp3) is 0.500. The Labute approximate surface area is 148 Å². The minimum atomic E-state index is -0.253. The molecule has 3 amide bonds. The molecule has 0 atom stereocenters. The van der Waals surface area contributed by atoms with E-state index in [4.69, 9.17) is 0 Å². The third-order valence-corrected chi connectivity index (χ3v) is 4.23. The van der Waals surface area contributed by atoms with Gasteiger partial charge in [0.1, 0.15) is 0 Å². The second kappa shape index (κ2) is 8.50. The van der Waals surface area contributed by atoms with E-state index in [1.54, 1.807) is 31.1 Å². The van der Waals surface area contributed by atoms with Crippen molar-refractivity contribution in [2.75, 3.05) is 45.6 Å². The lowest BCUT2D eigenvalue weighted by atomic mass is 10.1. The second-order valence-electron chi connectivity index (χ2n) is 6.45. The molecule has 136 valence electrons. The van der Waals surface area contributed by atoms with Crippen molar-refractivity contribution in [1.82, 2.24) is 15.1 Å². The molecule has 1 aromatic rings. The fourth-order valence-electron chi connectivity index (χ4n) is 2.69. The molecule has 1 aromatic carbocycles. The topological polar surface area (TPSA) is 81.8 Å². The summed E-state index contributed by atoms with van der Waals surface area (Å²) in [5, 5.41) is 5.67. The quantitative estimate of drug-likeness (QED) is 0.800. The molecule has 2 N–H and O–H groups in total. The average Bonchev–Trinajstić information content (AvgIpc) is 3.12. The van der Waals surface area contributed by atoms with Crippen LogP contribution in [0.1, 0.15) is 28.8 Å². The van der Waals surface area contributed by atoms with Gasteiger partial charge in [-0.25, -0.2) is 0 Å². The lowest BCUT2D eigenvalue weighted by Crippen LogP contribution is -2.40. The van der Waals surface area contributed by atoms with E-state index in [0.29, 0.717) is 5.56 Å². The molecule has 25 heavy (non-hydrogen) atoms. The van der Waals surface area contributed by atoms with Crippen molar-refractivity contribution in [2.24, 2.45) is 0 Å². The Morgan fingerprint density at radius 3 is 2.44 bits per heavy atom. The average molecular weight is 346 g/mol. The Kier molecular flexibility index (Phi) is 6.38. The van der Waals surface area contributed by atoms with Gasteiger partial charge in [0.25, 0.3) is 5.91 Å². The van der Waals surface area contributed by atoms with E-state index in [1.807, 2.05) is 13.0 Å². The minimum Gasteiger partial charge on any atom is -0.376 e. The summed E-state index contributed by atoms with van der Waals surface area (Å²) in [5.74, 6) is -0.388. The summed E-state index contributed by atoms with van der Waals surface area (Å²) in [5.41, 5.74) is 2.23. The lowest BCUT2D eigenvalue weighted by molar-refractivity contribution is -0.131. The normalized spacial score (nSPS) is 13.5. The van der Waals surface area contributed by atoms with Gasteiger partial charge in [-0.05, 0) is 37.5 Å². The van der Waals surface area contributed by atoms with E-state index in [2.05, 4.69) is 10.6 Å². The summed E-state index contributed by atoms with van der Waals surface area (Å²) in [6, 6.07) is 5.34. The van der Waals surface area contributed by atoms with E-state index < -0.39 is 0 Å². The number of nitrogens with zero attached hydrogens (tertiary/aromatic N) is 2. The van der Waals surface area contributed by atoms with Crippen LogP contribution in [0.5, 0.6) is 0 Å². The second-order valence-corrected chi connectivity index (χ2v) is 6.45. The minimum absolute atomic E-state index is 0.0264. The molecular formula is C18H26N4O3. The molecule has 1 aliphatic heterocycles. The third kappa shape index (κ3) is 5.20. The highest BCUT2D eigenvalue weighted by molar-refractivity contribution is 5.95. The van der Waals surface area contributed by atoms with Crippen molar-refractivity contribution in [1.29, 1.82) is 0 Å². The van der Waals surface area contributed by atoms with Crippen LogP contribution in [0.4, 0.5) is 5.69 Å². The van der Waals surface area contributed by atoms with Crippen LogP contribution in [0.15, 0.2) is 18.2 Å². The van der Waals surface area contributed by atoms with E-state index in [-0.39, 0.29) is 30.8 Å². The number of hydrogen-bond donors (Lipinski definition) is 2. The van der Waals surface area contributed by atoms with E-state index in [1.165, 1.54) is 4.90 Å². The van der Waals surface area contributed by atoms with Gasteiger partial charge in [-0.15, -0.1) is 0 Å². The predicted molar refractivity (Wildman–Crippen MR) is 96.5 cm³/mol. The maximum Gasteiger partial charge on any atom is 0.253 e. The first-order chi connectivity index (χ1) is 11.9. The third-order valence-electron chi connectivity index (χ3n) is 4.23. The van der Waals surface area contributed by atoms with Crippen LogP contribution >= 0.6 is 0 Å². The Balaban J connectivity index is 1.85. The van der Waals surface area contributed by atoms with Gasteiger partial charge in [-0.3, -0.25) is 14.4 Å². The van der Waals surface area contributed by atoms with Gasteiger partial charge in [-0.2, -0.15) is 0 Å². The van der Waals surface area contributed by atoms with Gasteiger partial charge in [-0.1, -0.05) is 6.07 Å². The van der Waals surface area contributed by atoms with Crippen LogP contribution in [0.2, 0.25) is 0 Å². The number of hydrogen-bond acceptors (Lipinski definition) is 4. The van der Waals surface area contributed by atoms with Crippen LogP contribution in [0, 0.1) is 6.92 Å². The number of likely N-dealkylation sites (tertiary alicyclic amines) is 1. The smallest absolute Gasteiger partial charge is 0.253 e. The van der Waals surface area contributed by atoms with Crippen LogP contribution < -0.4 is 10.6 Å². The molecule has 7 heteroatoms. The van der Waals surface area contributed by atoms with E-state index >= 15 is 0 Å². The summed E-state index contributed by atoms with van der Waals surface area (Å²) < 4.78 is 0. The first kappa shape index (κ1) is 18.8. The maximum atomic E-state index is 12.0. The maximum absolute atomic E-state index is 12.0. The Morgan fingerprint density at radius 2 is 1.80 bits per heavy atom. The van der Waals surface area contributed by atoms with Crippen molar-refractivity contribution in [3.8, 4) is 0 Å². The SMILES string of the molecule is Cc1ccc(C(=O)N(C)C)cc1NCC(=O)NCC(=O)N1CCCC1. The molecule has 0 aliphatic carbocycles. The Hall–Kier alpha value is -2.57. The van der Waals surface area contributed by atoms with Crippen molar-refractivity contribution < 1.29 is 14.4 Å². The van der Waals surface area contributed by atoms with Crippen LogP contribution in [-0.2, 0) is 9.59 Å². The molecule has 0 unspecified atom stereocenters. The number of nitrogens with one attached hydrogen (secondary N) is 2. The highest BCUT2D eigenvalue weighted by Gasteiger charge is 2.18. The van der Waals surface area contributed by atoms with Crippen LogP contribution in [0.3, 0.4) is 0 Å². The molecule has 0 spiro atoms.